The molecular weight excluding hydrogens is 542 g/mol. The first-order valence-electron chi connectivity index (χ1n) is 10.8. The number of aromatic amines is 1. The molecule has 9 N–H and O–H groups in total. The summed E-state index contributed by atoms with van der Waals surface area (Å²) in [5.74, 6) is 0. The van der Waals surface area contributed by atoms with Gasteiger partial charge >= 0.3 is 21.3 Å². The van der Waals surface area contributed by atoms with Crippen LogP contribution in [0.3, 0.4) is 0 Å². The first-order chi connectivity index (χ1) is 17.3. The Morgan fingerprint density at radius 3 is 2.22 bits per heavy atom. The fourth-order valence-corrected chi connectivity index (χ4v) is 5.40. The largest absolute Gasteiger partial charge is 0.483 e. The highest BCUT2D eigenvalue weighted by Gasteiger charge is 2.49. The average Bonchev–Trinajstić information content (AvgIpc) is 3.05. The van der Waals surface area contributed by atoms with E-state index in [1.165, 1.54) is 0 Å². The van der Waals surface area contributed by atoms with E-state index in [1.807, 2.05) is 4.98 Å². The molecule has 21 heteroatoms. The highest BCUT2D eigenvalue weighted by molar-refractivity contribution is 7.61. The first kappa shape index (κ1) is 26.2. The molecule has 36 heavy (non-hydrogen) atoms. The van der Waals surface area contributed by atoms with Crippen LogP contribution in [0.15, 0.2) is 21.9 Å². The summed E-state index contributed by atoms with van der Waals surface area (Å²) in [5.41, 5.74) is -1.79. The number of hydrogen-bond donors (Lipinski definition) is 9. The van der Waals surface area contributed by atoms with Gasteiger partial charge in [0, 0.05) is 12.3 Å². The number of nitrogens with one attached hydrogen (secondary N) is 1. The minimum atomic E-state index is -5.76. The molecule has 1 aromatic rings. The van der Waals surface area contributed by atoms with Crippen LogP contribution in [0.25, 0.3) is 0 Å². The van der Waals surface area contributed by atoms with E-state index in [0.717, 1.165) is 12.3 Å². The molecule has 2 saturated heterocycles. The number of phosphoric ester groups is 2. The Bertz CT molecular complexity index is 1210. The summed E-state index contributed by atoms with van der Waals surface area (Å²) in [6.45, 7) is -4.43. The van der Waals surface area contributed by atoms with Crippen molar-refractivity contribution in [2.75, 3.05) is 13.2 Å². The lowest BCUT2D eigenvalue weighted by molar-refractivity contribution is -0.280. The summed E-state index contributed by atoms with van der Waals surface area (Å²) < 4.78 is 62.2. The van der Waals surface area contributed by atoms with E-state index >= 15 is 0 Å². The van der Waals surface area contributed by atoms with Crippen LogP contribution >= 0.6 is 15.6 Å². The molecule has 1 aromatic heterocycles. The molecule has 0 radical (unpaired) electrons. The van der Waals surface area contributed by atoms with Gasteiger partial charge in [-0.15, -0.1) is 0 Å². The minimum absolute atomic E-state index is 0.697. The summed E-state index contributed by atoms with van der Waals surface area (Å²) in [6, 6.07) is 0.908. The molecule has 0 saturated carbocycles. The molecule has 2 aliphatic heterocycles. The van der Waals surface area contributed by atoms with Gasteiger partial charge in [-0.2, -0.15) is 4.31 Å². The third-order valence-corrected chi connectivity index (χ3v) is 7.61. The number of phosphoric acid groups is 2. The molecule has 3 rings (SSSR count). The molecule has 0 spiro atoms. The van der Waals surface area contributed by atoms with E-state index in [4.69, 9.17) is 7.48 Å². The number of hydrogen-bond acceptors (Lipinski definition) is 15. The lowest BCUT2D eigenvalue weighted by Gasteiger charge is -2.39. The maximum absolute atomic E-state index is 12.2. The maximum atomic E-state index is 12.2. The third kappa shape index (κ3) is 6.54. The summed E-state index contributed by atoms with van der Waals surface area (Å²) in [5, 5.41) is 59.1. The van der Waals surface area contributed by atoms with E-state index in [2.05, 4.69) is 18.1 Å². The van der Waals surface area contributed by atoms with Gasteiger partial charge in [-0.05, 0) is 0 Å². The van der Waals surface area contributed by atoms with Crippen molar-refractivity contribution in [1.82, 2.24) is 9.55 Å². The van der Waals surface area contributed by atoms with Gasteiger partial charge in [-0.3, -0.25) is 23.4 Å². The molecule has 0 bridgehead atoms. The topological polar surface area (TPSA) is 297 Å². The summed E-state index contributed by atoms with van der Waals surface area (Å²) in [6.07, 6.45) is -17.5. The van der Waals surface area contributed by atoms with E-state index in [0.29, 0.717) is 4.57 Å². The monoisotopic (exact) mass is 570 g/mol. The quantitative estimate of drug-likeness (QED) is 0.126. The number of aliphatic hydroxyl groups excluding tert-OH is 5. The predicted molar refractivity (Wildman–Crippen MR) is 109 cm³/mol. The van der Waals surface area contributed by atoms with Crippen LogP contribution in [-0.2, 0) is 32.0 Å². The summed E-state index contributed by atoms with van der Waals surface area (Å²) in [7, 11) is -11.3. The molecule has 0 aliphatic carbocycles. The molecule has 0 amide bonds. The highest BCUT2D eigenvalue weighted by atomic mass is 31.3. The van der Waals surface area contributed by atoms with Gasteiger partial charge in [0.25, 0.3) is 5.56 Å². The molecule has 19 nitrogen and oxygen atoms in total. The van der Waals surface area contributed by atoms with E-state index < -0.39 is 95.3 Å². The molecule has 2 unspecified atom stereocenters. The van der Waals surface area contributed by atoms with Crippen LogP contribution < -0.4 is 11.2 Å². The van der Waals surface area contributed by atoms with Crippen molar-refractivity contribution in [3.63, 3.8) is 0 Å². The second-order valence-electron chi connectivity index (χ2n) is 7.51. The number of aromatic nitrogens is 2. The van der Waals surface area contributed by atoms with Crippen molar-refractivity contribution >= 4 is 15.6 Å². The normalized spacial score (nSPS) is 39.6. The molecule has 2 fully saturated rings. The van der Waals surface area contributed by atoms with Crippen LogP contribution in [0.2, 0.25) is 0 Å². The van der Waals surface area contributed by atoms with Gasteiger partial charge in [0.05, 0.1) is 15.9 Å². The van der Waals surface area contributed by atoms with Gasteiger partial charge < -0.3 is 49.9 Å². The number of H-pyrrole nitrogens is 1. The van der Waals surface area contributed by atoms with Gasteiger partial charge in [0.1, 0.15) is 42.7 Å². The zero-order valence-electron chi connectivity index (χ0n) is 19.7. The lowest BCUT2D eigenvalue weighted by atomic mass is 10.00. The van der Waals surface area contributed by atoms with Gasteiger partial charge in [-0.25, -0.2) is 13.9 Å². The zero-order valence-corrected chi connectivity index (χ0v) is 19.4. The molecule has 0 aromatic carbocycles. The molecule has 2 aliphatic rings. The Labute approximate surface area is 202 Å². The van der Waals surface area contributed by atoms with E-state index in [-0.39, 0.29) is 0 Å². The third-order valence-electron chi connectivity index (χ3n) is 5.00. The zero-order chi connectivity index (χ0) is 28.8. The second-order valence-corrected chi connectivity index (χ2v) is 10.5. The Kier molecular flexibility index (Phi) is 8.13. The second kappa shape index (κ2) is 11.2. The van der Waals surface area contributed by atoms with Crippen molar-refractivity contribution in [1.29, 1.82) is 0 Å². The van der Waals surface area contributed by atoms with Gasteiger partial charge in [0.15, 0.2) is 12.5 Å². The number of ether oxygens (including phenoxy) is 2. The number of nitrogens with zero attached hydrogens (tertiary/aromatic N) is 1. The smallest absolute Gasteiger partial charge is 0.394 e. The van der Waals surface area contributed by atoms with Crippen LogP contribution in [0.1, 0.15) is 8.97 Å². The molecule has 11 atom stereocenters. The predicted octanol–water partition coefficient (Wildman–Crippen LogP) is -4.79. The van der Waals surface area contributed by atoms with E-state index in [9.17, 15) is 59.1 Å². The van der Waals surface area contributed by atoms with Crippen molar-refractivity contribution in [2.45, 2.75) is 55.2 Å². The van der Waals surface area contributed by atoms with Crippen molar-refractivity contribution in [2.24, 2.45) is 0 Å². The number of aliphatic hydroxyl groups is 6. The Balaban J connectivity index is 1.63. The molecule has 206 valence electrons. The van der Waals surface area contributed by atoms with Gasteiger partial charge in [0.2, 0.25) is 0 Å². The van der Waals surface area contributed by atoms with Crippen LogP contribution in [-0.4, -0.2) is 112 Å². The standard InChI is InChI=1S/C15H24N2O17P2/c18-3-5-8(20)10(22)12(24)14(32-5)33-36(28,29)34-35(26,27)30-4-6-9(21)11(23)13(31-6)17-2-1-7(19)16-15(17)25/h1-2,5-6,8-14,18,20-24H,3-4H2,(H,26,27)(H,28,29)(H,16,19,25)/t5-,6-,8-,9-,10+,11-,12-,13-,14-/m1/s1/i3T2. The van der Waals surface area contributed by atoms with Crippen molar-refractivity contribution in [3.8, 4) is 0 Å². The van der Waals surface area contributed by atoms with Crippen molar-refractivity contribution < 1.29 is 75.1 Å². The highest BCUT2D eigenvalue weighted by Crippen LogP contribution is 2.61. The van der Waals surface area contributed by atoms with Crippen LogP contribution in [0.5, 0.6) is 0 Å². The first-order valence-corrected chi connectivity index (χ1v) is 12.8. The number of rotatable bonds is 9. The lowest BCUT2D eigenvalue weighted by Crippen LogP contribution is -2.58. The Morgan fingerprint density at radius 2 is 1.61 bits per heavy atom. The SMILES string of the molecule is [3H]C([3H])(O)[C@H]1O[C@H](OP(=O)(O)OP(=O)(O)OC[C@H]2O[C@@H](n3ccc(=O)[nH]c3=O)[C@H](O)[C@@H]2O)[C@H](O)[C@@H](O)[C@@H]1O. The van der Waals surface area contributed by atoms with Crippen LogP contribution in [0.4, 0.5) is 0 Å². The average molecular weight is 570 g/mol. The summed E-state index contributed by atoms with van der Waals surface area (Å²) >= 11 is 0. The minimum Gasteiger partial charge on any atom is -0.394 e. The fourth-order valence-electron chi connectivity index (χ4n) is 3.24. The Hall–Kier alpha value is -1.38. The van der Waals surface area contributed by atoms with Crippen molar-refractivity contribution in [3.05, 3.63) is 33.1 Å². The maximum Gasteiger partial charge on any atom is 0.483 e. The molecular formula is C15H24N2O17P2. The van der Waals surface area contributed by atoms with Gasteiger partial charge in [-0.1, -0.05) is 0 Å². The molecule has 3 heterocycles. The summed E-state index contributed by atoms with van der Waals surface area (Å²) in [4.78, 5) is 44.6. The van der Waals surface area contributed by atoms with E-state index in [1.54, 1.807) is 0 Å². The Morgan fingerprint density at radius 1 is 0.972 bits per heavy atom. The van der Waals surface area contributed by atoms with Crippen LogP contribution in [0, 0.1) is 0 Å². The fraction of sp³-hybridized carbons (Fsp3) is 0.733.